The van der Waals surface area contributed by atoms with Crippen LogP contribution in [-0.4, -0.2) is 39.5 Å². The third-order valence-electron chi connectivity index (χ3n) is 6.25. The molecule has 1 amide bonds. The fourth-order valence-electron chi connectivity index (χ4n) is 4.23. The van der Waals surface area contributed by atoms with Gasteiger partial charge in [0.15, 0.2) is 11.0 Å². The lowest BCUT2D eigenvalue weighted by molar-refractivity contribution is -0.113. The summed E-state index contributed by atoms with van der Waals surface area (Å²) in [7, 11) is 1.34. The van der Waals surface area contributed by atoms with Crippen LogP contribution in [0.3, 0.4) is 0 Å². The van der Waals surface area contributed by atoms with Crippen molar-refractivity contribution in [2.45, 2.75) is 52.9 Å². The molecule has 0 bridgehead atoms. The van der Waals surface area contributed by atoms with E-state index in [1.807, 2.05) is 74.9 Å². The number of carbonyl (C=O) groups excluding carboxylic acids is 2. The third kappa shape index (κ3) is 6.51. The summed E-state index contributed by atoms with van der Waals surface area (Å²) in [6.07, 6.45) is 0. The SMILES string of the molecule is CCn1c(COc2ccc(C)cc2C)nnc1SCC(=O)Nc1scc(-c2cc(C)ccc2C)c1C(=O)OC. The van der Waals surface area contributed by atoms with Crippen molar-refractivity contribution >= 4 is 40.0 Å². The number of aromatic nitrogens is 3. The van der Waals surface area contributed by atoms with Gasteiger partial charge in [0.2, 0.25) is 5.91 Å². The van der Waals surface area contributed by atoms with E-state index in [0.29, 0.717) is 28.1 Å². The number of ether oxygens (including phenoxy) is 2. The predicted octanol–water partition coefficient (Wildman–Crippen LogP) is 6.36. The minimum atomic E-state index is -0.491. The fourth-order valence-corrected chi connectivity index (χ4v) is 6.01. The number of methoxy groups -OCH3 is 1. The summed E-state index contributed by atoms with van der Waals surface area (Å²) >= 11 is 2.59. The van der Waals surface area contributed by atoms with Gasteiger partial charge in [-0.3, -0.25) is 4.79 Å². The minimum Gasteiger partial charge on any atom is -0.485 e. The maximum absolute atomic E-state index is 12.9. The van der Waals surface area contributed by atoms with E-state index >= 15 is 0 Å². The Kier molecular flexibility index (Phi) is 9.08. The first-order chi connectivity index (χ1) is 18.7. The number of aryl methyl sites for hydroxylation is 4. The molecule has 1 N–H and O–H groups in total. The van der Waals surface area contributed by atoms with Crippen LogP contribution in [0.15, 0.2) is 46.9 Å². The maximum Gasteiger partial charge on any atom is 0.341 e. The zero-order valence-corrected chi connectivity index (χ0v) is 24.6. The van der Waals surface area contributed by atoms with Crippen LogP contribution >= 0.6 is 23.1 Å². The third-order valence-corrected chi connectivity index (χ3v) is 8.11. The molecule has 0 spiro atoms. The van der Waals surface area contributed by atoms with E-state index in [1.54, 1.807) is 0 Å². The summed E-state index contributed by atoms with van der Waals surface area (Å²) in [6.45, 7) is 11.0. The van der Waals surface area contributed by atoms with Crippen molar-refractivity contribution in [2.24, 2.45) is 0 Å². The number of thiophene rings is 1. The second-order valence-electron chi connectivity index (χ2n) is 9.20. The van der Waals surface area contributed by atoms with Gasteiger partial charge in [-0.15, -0.1) is 21.5 Å². The monoisotopic (exact) mass is 564 g/mol. The van der Waals surface area contributed by atoms with Crippen LogP contribution < -0.4 is 10.1 Å². The van der Waals surface area contributed by atoms with E-state index in [1.165, 1.54) is 35.8 Å². The number of hydrogen-bond donors (Lipinski definition) is 1. The highest BCUT2D eigenvalue weighted by molar-refractivity contribution is 7.99. The number of rotatable bonds is 10. The summed E-state index contributed by atoms with van der Waals surface area (Å²) in [4.78, 5) is 25.7. The molecule has 4 aromatic rings. The molecule has 0 aliphatic rings. The van der Waals surface area contributed by atoms with Gasteiger partial charge >= 0.3 is 5.97 Å². The van der Waals surface area contributed by atoms with E-state index in [9.17, 15) is 9.59 Å². The quantitative estimate of drug-likeness (QED) is 0.177. The smallest absolute Gasteiger partial charge is 0.341 e. The molecule has 39 heavy (non-hydrogen) atoms. The Hall–Kier alpha value is -3.63. The largest absolute Gasteiger partial charge is 0.485 e. The van der Waals surface area contributed by atoms with Gasteiger partial charge in [-0.05, 0) is 57.4 Å². The highest BCUT2D eigenvalue weighted by atomic mass is 32.2. The van der Waals surface area contributed by atoms with Crippen LogP contribution in [0, 0.1) is 27.7 Å². The lowest BCUT2D eigenvalue weighted by Crippen LogP contribution is -2.16. The lowest BCUT2D eigenvalue weighted by atomic mass is 9.97. The molecule has 0 saturated heterocycles. The number of anilines is 1. The topological polar surface area (TPSA) is 95.3 Å². The average molecular weight is 565 g/mol. The standard InChI is InChI=1S/C29H32N4O4S2/c1-7-33-24(14-37-23-11-9-17(2)12-20(23)5)31-32-29(33)39-16-25(34)30-27-26(28(35)36-6)22(15-38-27)21-13-18(3)8-10-19(21)4/h8-13,15H,7,14,16H2,1-6H3,(H,30,34). The Morgan fingerprint density at radius 3 is 2.46 bits per heavy atom. The fraction of sp³-hybridized carbons (Fsp3) is 0.310. The van der Waals surface area contributed by atoms with Gasteiger partial charge in [-0.1, -0.05) is 53.2 Å². The number of nitrogens with one attached hydrogen (secondary N) is 1. The van der Waals surface area contributed by atoms with Gasteiger partial charge in [0.05, 0.1) is 12.9 Å². The van der Waals surface area contributed by atoms with Crippen LogP contribution in [-0.2, 0) is 22.7 Å². The highest BCUT2D eigenvalue weighted by Gasteiger charge is 2.24. The van der Waals surface area contributed by atoms with Crippen LogP contribution in [0.5, 0.6) is 5.75 Å². The van der Waals surface area contributed by atoms with Gasteiger partial charge in [-0.2, -0.15) is 0 Å². The molecule has 0 aliphatic carbocycles. The zero-order valence-electron chi connectivity index (χ0n) is 23.0. The molecule has 0 fully saturated rings. The number of hydrogen-bond acceptors (Lipinski definition) is 8. The number of esters is 1. The Balaban J connectivity index is 1.45. The van der Waals surface area contributed by atoms with Crippen molar-refractivity contribution in [3.05, 3.63) is 75.4 Å². The van der Waals surface area contributed by atoms with Crippen LogP contribution in [0.2, 0.25) is 0 Å². The van der Waals surface area contributed by atoms with E-state index in [2.05, 4.69) is 21.6 Å². The van der Waals surface area contributed by atoms with E-state index < -0.39 is 5.97 Å². The van der Waals surface area contributed by atoms with Crippen molar-refractivity contribution < 1.29 is 19.1 Å². The molecule has 8 nitrogen and oxygen atoms in total. The van der Waals surface area contributed by atoms with E-state index in [4.69, 9.17) is 9.47 Å². The molecular weight excluding hydrogens is 532 g/mol. The molecule has 0 aliphatic heterocycles. The van der Waals surface area contributed by atoms with Crippen LogP contribution in [0.25, 0.3) is 11.1 Å². The zero-order chi connectivity index (χ0) is 28.1. The maximum atomic E-state index is 12.9. The molecule has 0 atom stereocenters. The molecule has 2 aromatic carbocycles. The molecule has 4 rings (SSSR count). The average Bonchev–Trinajstić information content (AvgIpc) is 3.51. The van der Waals surface area contributed by atoms with Crippen molar-refractivity contribution in [1.29, 1.82) is 0 Å². The summed E-state index contributed by atoms with van der Waals surface area (Å²) in [5.74, 6) is 0.850. The van der Waals surface area contributed by atoms with Gasteiger partial charge < -0.3 is 19.4 Å². The molecular formula is C29H32N4O4S2. The van der Waals surface area contributed by atoms with Gasteiger partial charge in [-0.25, -0.2) is 4.79 Å². The first-order valence-electron chi connectivity index (χ1n) is 12.5. The van der Waals surface area contributed by atoms with Gasteiger partial charge in [0, 0.05) is 17.5 Å². The predicted molar refractivity (Wildman–Crippen MR) is 156 cm³/mol. The second-order valence-corrected chi connectivity index (χ2v) is 11.0. The van der Waals surface area contributed by atoms with Crippen LogP contribution in [0.1, 0.15) is 45.4 Å². The second kappa shape index (κ2) is 12.5. The van der Waals surface area contributed by atoms with Crippen molar-refractivity contribution in [3.8, 4) is 16.9 Å². The first kappa shape index (κ1) is 28.4. The van der Waals surface area contributed by atoms with Gasteiger partial charge in [0.25, 0.3) is 0 Å². The molecule has 2 aromatic heterocycles. The summed E-state index contributed by atoms with van der Waals surface area (Å²) in [5.41, 5.74) is 6.40. The Labute approximate surface area is 236 Å². The van der Waals surface area contributed by atoms with Gasteiger partial charge in [0.1, 0.15) is 22.9 Å². The molecule has 204 valence electrons. The van der Waals surface area contributed by atoms with E-state index in [0.717, 1.165) is 33.6 Å². The molecule has 0 saturated carbocycles. The Bertz CT molecular complexity index is 1510. The number of benzene rings is 2. The number of amides is 1. The molecule has 0 unspecified atom stereocenters. The highest BCUT2D eigenvalue weighted by Crippen LogP contribution is 2.38. The van der Waals surface area contributed by atoms with E-state index in [-0.39, 0.29) is 18.3 Å². The summed E-state index contributed by atoms with van der Waals surface area (Å²) in [6, 6.07) is 12.1. The normalized spacial score (nSPS) is 10.9. The Morgan fingerprint density at radius 1 is 1.00 bits per heavy atom. The summed E-state index contributed by atoms with van der Waals surface area (Å²) < 4.78 is 13.0. The number of thioether (sulfide) groups is 1. The molecule has 10 heteroatoms. The number of carbonyl (C=O) groups is 2. The van der Waals surface area contributed by atoms with Crippen molar-refractivity contribution in [3.63, 3.8) is 0 Å². The van der Waals surface area contributed by atoms with Crippen LogP contribution in [0.4, 0.5) is 5.00 Å². The van der Waals surface area contributed by atoms with Crippen molar-refractivity contribution in [2.75, 3.05) is 18.2 Å². The molecule has 0 radical (unpaired) electrons. The number of nitrogens with zero attached hydrogens (tertiary/aromatic N) is 3. The minimum absolute atomic E-state index is 0.105. The lowest BCUT2D eigenvalue weighted by Gasteiger charge is -2.11. The molecule has 2 heterocycles. The summed E-state index contributed by atoms with van der Waals surface area (Å²) in [5, 5.41) is 14.4. The van der Waals surface area contributed by atoms with Crippen molar-refractivity contribution in [1.82, 2.24) is 14.8 Å². The first-order valence-corrected chi connectivity index (χ1v) is 14.4. The Morgan fingerprint density at radius 2 is 1.74 bits per heavy atom.